The zero-order chi connectivity index (χ0) is 15.6. The summed E-state index contributed by atoms with van der Waals surface area (Å²) in [7, 11) is 3.81. The molecular formula is C16H21F2N3. The van der Waals surface area contributed by atoms with Crippen molar-refractivity contribution in [2.24, 2.45) is 7.05 Å². The largest absolute Gasteiger partial charge is 0.316 e. The van der Waals surface area contributed by atoms with Crippen molar-refractivity contribution in [1.29, 1.82) is 0 Å². The van der Waals surface area contributed by atoms with Gasteiger partial charge in [0.25, 0.3) is 0 Å². The SMILES string of the molecule is CNC(Cc1ccc(F)c(F)c1)Cc1c(C)nn(C)c1C. The summed E-state index contributed by atoms with van der Waals surface area (Å²) < 4.78 is 28.1. The summed E-state index contributed by atoms with van der Waals surface area (Å²) in [6.45, 7) is 4.03. The van der Waals surface area contributed by atoms with Gasteiger partial charge in [0.1, 0.15) is 0 Å². The second kappa shape index (κ2) is 6.35. The van der Waals surface area contributed by atoms with Crippen molar-refractivity contribution in [3.63, 3.8) is 0 Å². The van der Waals surface area contributed by atoms with Gasteiger partial charge >= 0.3 is 0 Å². The zero-order valence-electron chi connectivity index (χ0n) is 12.9. The molecule has 3 nitrogen and oxygen atoms in total. The van der Waals surface area contributed by atoms with E-state index < -0.39 is 11.6 Å². The molecule has 0 spiro atoms. The van der Waals surface area contributed by atoms with Crippen molar-refractivity contribution in [2.45, 2.75) is 32.7 Å². The average Bonchev–Trinajstić information content (AvgIpc) is 2.68. The lowest BCUT2D eigenvalue weighted by Crippen LogP contribution is -2.30. The Kier molecular flexibility index (Phi) is 4.73. The van der Waals surface area contributed by atoms with Gasteiger partial charge in [-0.1, -0.05) is 6.07 Å². The fourth-order valence-electron chi connectivity index (χ4n) is 2.59. The molecule has 0 saturated heterocycles. The maximum Gasteiger partial charge on any atom is 0.159 e. The lowest BCUT2D eigenvalue weighted by molar-refractivity contribution is 0.502. The smallest absolute Gasteiger partial charge is 0.159 e. The average molecular weight is 293 g/mol. The molecule has 1 N–H and O–H groups in total. The number of aryl methyl sites for hydroxylation is 2. The number of halogens is 2. The maximum atomic E-state index is 13.3. The molecule has 0 aliphatic carbocycles. The van der Waals surface area contributed by atoms with Crippen LogP contribution < -0.4 is 5.32 Å². The monoisotopic (exact) mass is 293 g/mol. The Morgan fingerprint density at radius 2 is 1.90 bits per heavy atom. The number of likely N-dealkylation sites (N-methyl/N-ethyl adjacent to an activating group) is 1. The van der Waals surface area contributed by atoms with Gasteiger partial charge < -0.3 is 5.32 Å². The number of nitrogens with zero attached hydrogens (tertiary/aromatic N) is 2. The molecule has 21 heavy (non-hydrogen) atoms. The normalized spacial score (nSPS) is 12.7. The van der Waals surface area contributed by atoms with Crippen molar-refractivity contribution in [1.82, 2.24) is 15.1 Å². The lowest BCUT2D eigenvalue weighted by Gasteiger charge is -2.17. The summed E-state index contributed by atoms with van der Waals surface area (Å²) >= 11 is 0. The van der Waals surface area contributed by atoms with Gasteiger partial charge in [0.15, 0.2) is 11.6 Å². The molecule has 5 heteroatoms. The van der Waals surface area contributed by atoms with Crippen LogP contribution in [0.5, 0.6) is 0 Å². The van der Waals surface area contributed by atoms with Crippen LogP contribution in [0.2, 0.25) is 0 Å². The number of hydrogen-bond donors (Lipinski definition) is 1. The van der Waals surface area contributed by atoms with Gasteiger partial charge in [0.05, 0.1) is 5.69 Å². The quantitative estimate of drug-likeness (QED) is 0.918. The standard InChI is InChI=1S/C16H21F2N3/c1-10-14(11(2)21(4)20-10)9-13(19-3)7-12-5-6-15(17)16(18)8-12/h5-6,8,13,19H,7,9H2,1-4H3. The highest BCUT2D eigenvalue weighted by Crippen LogP contribution is 2.17. The van der Waals surface area contributed by atoms with Crippen LogP contribution in [0.3, 0.4) is 0 Å². The number of nitrogens with one attached hydrogen (secondary N) is 1. The Bertz CT molecular complexity index is 635. The molecule has 114 valence electrons. The zero-order valence-corrected chi connectivity index (χ0v) is 12.9. The number of rotatable bonds is 5. The molecule has 1 unspecified atom stereocenters. The predicted octanol–water partition coefficient (Wildman–Crippen LogP) is 2.69. The van der Waals surface area contributed by atoms with E-state index in [1.807, 2.05) is 32.6 Å². The molecule has 0 aliphatic rings. The van der Waals surface area contributed by atoms with Gasteiger partial charge in [-0.25, -0.2) is 8.78 Å². The van der Waals surface area contributed by atoms with Crippen LogP contribution in [-0.2, 0) is 19.9 Å². The van der Waals surface area contributed by atoms with Crippen molar-refractivity contribution < 1.29 is 8.78 Å². The van der Waals surface area contributed by atoms with E-state index >= 15 is 0 Å². The summed E-state index contributed by atoms with van der Waals surface area (Å²) in [5, 5.41) is 7.65. The third-order valence-electron chi connectivity index (χ3n) is 3.98. The summed E-state index contributed by atoms with van der Waals surface area (Å²) in [5.41, 5.74) is 4.14. The fraction of sp³-hybridized carbons (Fsp3) is 0.438. The molecule has 0 bridgehead atoms. The molecule has 0 saturated carbocycles. The Balaban J connectivity index is 2.14. The third kappa shape index (κ3) is 3.47. The van der Waals surface area contributed by atoms with Crippen LogP contribution in [0, 0.1) is 25.5 Å². The summed E-state index contributed by atoms with van der Waals surface area (Å²) in [5.74, 6) is -1.60. The predicted molar refractivity (Wildman–Crippen MR) is 79.3 cm³/mol. The molecule has 1 heterocycles. The minimum atomic E-state index is -0.807. The Labute approximate surface area is 124 Å². The van der Waals surface area contributed by atoms with E-state index in [1.54, 1.807) is 6.07 Å². The van der Waals surface area contributed by atoms with E-state index in [9.17, 15) is 8.78 Å². The minimum Gasteiger partial charge on any atom is -0.316 e. The molecule has 2 aromatic rings. The highest BCUT2D eigenvalue weighted by Gasteiger charge is 2.16. The first kappa shape index (κ1) is 15.6. The highest BCUT2D eigenvalue weighted by atomic mass is 19.2. The molecule has 1 atom stereocenters. The Morgan fingerprint density at radius 1 is 1.19 bits per heavy atom. The first-order valence-corrected chi connectivity index (χ1v) is 7.02. The molecule has 0 fully saturated rings. The van der Waals surface area contributed by atoms with E-state index in [0.717, 1.165) is 23.4 Å². The topological polar surface area (TPSA) is 29.9 Å². The van der Waals surface area contributed by atoms with Crippen molar-refractivity contribution in [3.8, 4) is 0 Å². The van der Waals surface area contributed by atoms with Crippen LogP contribution in [0.25, 0.3) is 0 Å². The van der Waals surface area contributed by atoms with Crippen molar-refractivity contribution in [3.05, 3.63) is 52.3 Å². The van der Waals surface area contributed by atoms with Crippen LogP contribution >= 0.6 is 0 Å². The van der Waals surface area contributed by atoms with E-state index in [0.29, 0.717) is 6.42 Å². The Hall–Kier alpha value is -1.75. The van der Waals surface area contributed by atoms with E-state index in [-0.39, 0.29) is 6.04 Å². The number of hydrogen-bond acceptors (Lipinski definition) is 2. The van der Waals surface area contributed by atoms with Crippen LogP contribution in [0.15, 0.2) is 18.2 Å². The molecule has 1 aromatic heterocycles. The van der Waals surface area contributed by atoms with Gasteiger partial charge in [0.2, 0.25) is 0 Å². The third-order valence-corrected chi connectivity index (χ3v) is 3.98. The van der Waals surface area contributed by atoms with Gasteiger partial charge in [0, 0.05) is 18.8 Å². The number of aromatic nitrogens is 2. The minimum absolute atomic E-state index is 0.150. The number of benzene rings is 1. The van der Waals surface area contributed by atoms with Crippen molar-refractivity contribution in [2.75, 3.05) is 7.05 Å². The van der Waals surface area contributed by atoms with Gasteiger partial charge in [-0.2, -0.15) is 5.10 Å². The van der Waals surface area contributed by atoms with E-state index in [1.165, 1.54) is 17.7 Å². The summed E-state index contributed by atoms with van der Waals surface area (Å²) in [4.78, 5) is 0. The van der Waals surface area contributed by atoms with Gasteiger partial charge in [-0.15, -0.1) is 0 Å². The van der Waals surface area contributed by atoms with Crippen LogP contribution in [0.1, 0.15) is 22.5 Å². The van der Waals surface area contributed by atoms with Gasteiger partial charge in [-0.05, 0) is 57.0 Å². The second-order valence-electron chi connectivity index (χ2n) is 5.42. The first-order valence-electron chi connectivity index (χ1n) is 7.02. The highest BCUT2D eigenvalue weighted by molar-refractivity contribution is 5.26. The molecule has 0 aliphatic heterocycles. The second-order valence-corrected chi connectivity index (χ2v) is 5.42. The Morgan fingerprint density at radius 3 is 2.43 bits per heavy atom. The summed E-state index contributed by atoms with van der Waals surface area (Å²) in [6.07, 6.45) is 1.45. The molecular weight excluding hydrogens is 272 g/mol. The van der Waals surface area contributed by atoms with Crippen molar-refractivity contribution >= 4 is 0 Å². The van der Waals surface area contributed by atoms with Crippen LogP contribution in [0.4, 0.5) is 8.78 Å². The molecule has 0 radical (unpaired) electrons. The first-order chi connectivity index (χ1) is 9.92. The van der Waals surface area contributed by atoms with Gasteiger partial charge in [-0.3, -0.25) is 4.68 Å². The van der Waals surface area contributed by atoms with E-state index in [4.69, 9.17) is 0 Å². The lowest BCUT2D eigenvalue weighted by atomic mass is 9.98. The fourth-order valence-corrected chi connectivity index (χ4v) is 2.59. The maximum absolute atomic E-state index is 13.3. The molecule has 1 aromatic carbocycles. The van der Waals surface area contributed by atoms with E-state index in [2.05, 4.69) is 10.4 Å². The van der Waals surface area contributed by atoms with Crippen LogP contribution in [-0.4, -0.2) is 22.9 Å². The molecule has 2 rings (SSSR count). The molecule has 0 amide bonds. The summed E-state index contributed by atoms with van der Waals surface area (Å²) in [6, 6.07) is 4.23.